The van der Waals surface area contributed by atoms with Crippen molar-refractivity contribution >= 4 is 21.6 Å². The molecule has 19 heavy (non-hydrogen) atoms. The Balaban J connectivity index is 2.14. The lowest BCUT2D eigenvalue weighted by Gasteiger charge is -2.12. The van der Waals surface area contributed by atoms with E-state index in [9.17, 15) is 4.39 Å². The van der Waals surface area contributed by atoms with Crippen molar-refractivity contribution in [2.75, 3.05) is 5.32 Å². The maximum Gasteiger partial charge on any atom is 0.137 e. The molecule has 0 aromatic heterocycles. The van der Waals surface area contributed by atoms with E-state index in [1.807, 2.05) is 6.92 Å². The molecular formula is C16H17BrFN. The van der Waals surface area contributed by atoms with Crippen LogP contribution in [0.1, 0.15) is 22.3 Å². The number of benzene rings is 2. The molecule has 0 aliphatic carbocycles. The summed E-state index contributed by atoms with van der Waals surface area (Å²) in [5, 5.41) is 3.35. The summed E-state index contributed by atoms with van der Waals surface area (Å²) in [5.74, 6) is -0.228. The molecule has 0 saturated heterocycles. The van der Waals surface area contributed by atoms with Gasteiger partial charge >= 0.3 is 0 Å². The molecule has 0 amide bonds. The predicted octanol–water partition coefficient (Wildman–Crippen LogP) is 5.13. The number of hydrogen-bond acceptors (Lipinski definition) is 1. The van der Waals surface area contributed by atoms with Gasteiger partial charge in [0.05, 0.1) is 4.47 Å². The first-order valence-corrected chi connectivity index (χ1v) is 7.02. The lowest BCUT2D eigenvalue weighted by atomic mass is 10.1. The van der Waals surface area contributed by atoms with Gasteiger partial charge in [-0.3, -0.25) is 0 Å². The van der Waals surface area contributed by atoms with Crippen molar-refractivity contribution in [2.24, 2.45) is 0 Å². The molecule has 0 unspecified atom stereocenters. The van der Waals surface area contributed by atoms with Crippen LogP contribution in [0.2, 0.25) is 0 Å². The van der Waals surface area contributed by atoms with Crippen LogP contribution >= 0.6 is 15.9 Å². The average Bonchev–Trinajstić information content (AvgIpc) is 2.36. The monoisotopic (exact) mass is 321 g/mol. The van der Waals surface area contributed by atoms with Gasteiger partial charge in [0, 0.05) is 12.2 Å². The number of aryl methyl sites for hydroxylation is 3. The molecule has 2 aromatic carbocycles. The van der Waals surface area contributed by atoms with E-state index in [0.717, 1.165) is 17.8 Å². The summed E-state index contributed by atoms with van der Waals surface area (Å²) in [5.41, 5.74) is 5.67. The van der Waals surface area contributed by atoms with Crippen LogP contribution in [-0.2, 0) is 6.54 Å². The number of anilines is 1. The second-order valence-electron chi connectivity index (χ2n) is 4.85. The zero-order valence-corrected chi connectivity index (χ0v) is 12.9. The maximum atomic E-state index is 13.3. The molecule has 0 heterocycles. The van der Waals surface area contributed by atoms with Crippen LogP contribution < -0.4 is 5.32 Å². The van der Waals surface area contributed by atoms with Crippen LogP contribution in [0.4, 0.5) is 10.1 Å². The van der Waals surface area contributed by atoms with Gasteiger partial charge in [-0.1, -0.05) is 18.2 Å². The number of hydrogen-bond donors (Lipinski definition) is 1. The summed E-state index contributed by atoms with van der Waals surface area (Å²) < 4.78 is 13.8. The SMILES string of the molecule is Cc1ccc(CNc2cc(Br)c(F)cc2C)cc1C. The van der Waals surface area contributed by atoms with Crippen LogP contribution in [0.25, 0.3) is 0 Å². The summed E-state index contributed by atoms with van der Waals surface area (Å²) in [4.78, 5) is 0. The van der Waals surface area contributed by atoms with Crippen molar-refractivity contribution in [2.45, 2.75) is 27.3 Å². The predicted molar refractivity (Wildman–Crippen MR) is 82.1 cm³/mol. The van der Waals surface area contributed by atoms with Crippen LogP contribution in [-0.4, -0.2) is 0 Å². The third kappa shape index (κ3) is 3.35. The van der Waals surface area contributed by atoms with Crippen molar-refractivity contribution in [3.8, 4) is 0 Å². The third-order valence-corrected chi connectivity index (χ3v) is 3.93. The first-order valence-electron chi connectivity index (χ1n) is 6.23. The largest absolute Gasteiger partial charge is 0.381 e. The van der Waals surface area contributed by atoms with E-state index in [0.29, 0.717) is 4.47 Å². The smallest absolute Gasteiger partial charge is 0.137 e. The normalized spacial score (nSPS) is 10.6. The second kappa shape index (κ2) is 5.74. The molecule has 0 radical (unpaired) electrons. The van der Waals surface area contributed by atoms with E-state index in [1.165, 1.54) is 22.8 Å². The number of rotatable bonds is 3. The van der Waals surface area contributed by atoms with Gasteiger partial charge in [-0.15, -0.1) is 0 Å². The Morgan fingerprint density at radius 3 is 2.42 bits per heavy atom. The lowest BCUT2D eigenvalue weighted by Crippen LogP contribution is -2.02. The Kier molecular flexibility index (Phi) is 4.25. The van der Waals surface area contributed by atoms with Crippen molar-refractivity contribution in [1.29, 1.82) is 0 Å². The summed E-state index contributed by atoms with van der Waals surface area (Å²) in [7, 11) is 0. The summed E-state index contributed by atoms with van der Waals surface area (Å²) in [6.45, 7) is 6.85. The number of halogens is 2. The van der Waals surface area contributed by atoms with E-state index in [4.69, 9.17) is 0 Å². The Bertz CT molecular complexity index is 608. The van der Waals surface area contributed by atoms with E-state index in [2.05, 4.69) is 53.3 Å². The molecule has 0 fully saturated rings. The van der Waals surface area contributed by atoms with Gasteiger partial charge in [0.15, 0.2) is 0 Å². The highest BCUT2D eigenvalue weighted by Crippen LogP contribution is 2.24. The van der Waals surface area contributed by atoms with Crippen molar-refractivity contribution in [1.82, 2.24) is 0 Å². The van der Waals surface area contributed by atoms with E-state index >= 15 is 0 Å². The van der Waals surface area contributed by atoms with Gasteiger partial charge in [0.2, 0.25) is 0 Å². The fourth-order valence-corrected chi connectivity index (χ4v) is 2.29. The molecule has 0 spiro atoms. The molecule has 0 saturated carbocycles. The molecule has 100 valence electrons. The van der Waals surface area contributed by atoms with Gasteiger partial charge in [-0.05, 0) is 71.1 Å². The molecule has 0 atom stereocenters. The highest BCUT2D eigenvalue weighted by atomic mass is 79.9. The molecule has 0 aliphatic rings. The first kappa shape index (κ1) is 14.1. The Morgan fingerprint density at radius 1 is 1.00 bits per heavy atom. The maximum absolute atomic E-state index is 13.3. The molecule has 3 heteroatoms. The van der Waals surface area contributed by atoms with E-state index in [-0.39, 0.29) is 5.82 Å². The molecule has 1 nitrogen and oxygen atoms in total. The van der Waals surface area contributed by atoms with Gasteiger partial charge in [0.25, 0.3) is 0 Å². The van der Waals surface area contributed by atoms with Gasteiger partial charge in [0.1, 0.15) is 5.82 Å². The van der Waals surface area contributed by atoms with Gasteiger partial charge < -0.3 is 5.32 Å². The van der Waals surface area contributed by atoms with Crippen LogP contribution in [0, 0.1) is 26.6 Å². The zero-order valence-electron chi connectivity index (χ0n) is 11.3. The second-order valence-corrected chi connectivity index (χ2v) is 5.71. The van der Waals surface area contributed by atoms with E-state index in [1.54, 1.807) is 6.07 Å². The lowest BCUT2D eigenvalue weighted by molar-refractivity contribution is 0.620. The first-order chi connectivity index (χ1) is 8.97. The third-order valence-electron chi connectivity index (χ3n) is 3.32. The minimum absolute atomic E-state index is 0.228. The highest BCUT2D eigenvalue weighted by Gasteiger charge is 2.05. The van der Waals surface area contributed by atoms with Crippen molar-refractivity contribution < 1.29 is 4.39 Å². The van der Waals surface area contributed by atoms with Crippen molar-refractivity contribution in [3.63, 3.8) is 0 Å². The minimum atomic E-state index is -0.228. The molecule has 2 aromatic rings. The quantitative estimate of drug-likeness (QED) is 0.826. The molecule has 0 aliphatic heterocycles. The molecule has 1 N–H and O–H groups in total. The minimum Gasteiger partial charge on any atom is -0.381 e. The molecule has 0 bridgehead atoms. The summed E-state index contributed by atoms with van der Waals surface area (Å²) in [6, 6.07) is 9.73. The van der Waals surface area contributed by atoms with Gasteiger partial charge in [-0.25, -0.2) is 4.39 Å². The molecular weight excluding hydrogens is 305 g/mol. The average molecular weight is 322 g/mol. The summed E-state index contributed by atoms with van der Waals surface area (Å²) >= 11 is 3.21. The van der Waals surface area contributed by atoms with Crippen LogP contribution in [0.15, 0.2) is 34.8 Å². The van der Waals surface area contributed by atoms with Crippen LogP contribution in [0.3, 0.4) is 0 Å². The fraction of sp³-hybridized carbons (Fsp3) is 0.250. The van der Waals surface area contributed by atoms with Gasteiger partial charge in [-0.2, -0.15) is 0 Å². The van der Waals surface area contributed by atoms with Crippen LogP contribution in [0.5, 0.6) is 0 Å². The fourth-order valence-electron chi connectivity index (χ4n) is 1.95. The Labute approximate surface area is 122 Å². The Hall–Kier alpha value is -1.35. The highest BCUT2D eigenvalue weighted by molar-refractivity contribution is 9.10. The van der Waals surface area contributed by atoms with E-state index < -0.39 is 0 Å². The standard InChI is InChI=1S/C16H17BrFN/c1-10-4-5-13(6-11(10)2)9-19-16-8-14(17)15(18)7-12(16)3/h4-8,19H,9H2,1-3H3. The van der Waals surface area contributed by atoms with Crippen molar-refractivity contribution in [3.05, 3.63) is 62.9 Å². The topological polar surface area (TPSA) is 12.0 Å². The zero-order chi connectivity index (χ0) is 14.0. The summed E-state index contributed by atoms with van der Waals surface area (Å²) in [6.07, 6.45) is 0. The molecule has 2 rings (SSSR count). The Morgan fingerprint density at radius 2 is 1.74 bits per heavy atom. The number of nitrogens with one attached hydrogen (secondary N) is 1.